The van der Waals surface area contributed by atoms with E-state index < -0.39 is 10.2 Å². The summed E-state index contributed by atoms with van der Waals surface area (Å²) in [5.41, 5.74) is 0. The number of nitrogens with zero attached hydrogens (tertiary/aromatic N) is 3. The van der Waals surface area contributed by atoms with E-state index in [9.17, 15) is 13.2 Å². The number of hydrogen-bond donors (Lipinski definition) is 0. The first-order valence-electron chi connectivity index (χ1n) is 7.02. The van der Waals surface area contributed by atoms with Crippen LogP contribution in [0.4, 0.5) is 0 Å². The minimum absolute atomic E-state index is 0.0202. The van der Waals surface area contributed by atoms with Crippen molar-refractivity contribution in [2.75, 3.05) is 39.3 Å². The minimum atomic E-state index is -3.33. The normalized spacial score (nSPS) is 24.2. The van der Waals surface area contributed by atoms with Crippen molar-refractivity contribution in [2.24, 2.45) is 0 Å². The van der Waals surface area contributed by atoms with E-state index in [1.807, 2.05) is 0 Å². The third-order valence-corrected chi connectivity index (χ3v) is 5.94. The van der Waals surface area contributed by atoms with Gasteiger partial charge in [0.25, 0.3) is 10.2 Å². The summed E-state index contributed by atoms with van der Waals surface area (Å²) in [6.07, 6.45) is 4.13. The maximum absolute atomic E-state index is 12.5. The van der Waals surface area contributed by atoms with Crippen molar-refractivity contribution in [3.8, 4) is 0 Å². The third-order valence-electron chi connectivity index (χ3n) is 3.90. The quantitative estimate of drug-likeness (QED) is 0.733. The zero-order chi connectivity index (χ0) is 13.9. The molecule has 2 heterocycles. The molecule has 0 N–H and O–H groups in total. The number of carbonyl (C=O) groups is 1. The Kier molecular flexibility index (Phi) is 4.81. The van der Waals surface area contributed by atoms with E-state index in [0.29, 0.717) is 39.3 Å². The van der Waals surface area contributed by atoms with Crippen LogP contribution in [0.2, 0.25) is 0 Å². The van der Waals surface area contributed by atoms with Gasteiger partial charge >= 0.3 is 0 Å². The first-order chi connectivity index (χ1) is 9.01. The molecule has 2 aliphatic heterocycles. The second-order valence-corrected chi connectivity index (χ2v) is 7.15. The average Bonchev–Trinajstić information content (AvgIpc) is 2.68. The summed E-state index contributed by atoms with van der Waals surface area (Å²) in [5, 5.41) is 0. The van der Waals surface area contributed by atoms with Gasteiger partial charge in [-0.3, -0.25) is 4.79 Å². The van der Waals surface area contributed by atoms with Gasteiger partial charge in [0.15, 0.2) is 0 Å². The Morgan fingerprint density at radius 3 is 1.74 bits per heavy atom. The van der Waals surface area contributed by atoms with Crippen molar-refractivity contribution in [3.63, 3.8) is 0 Å². The first kappa shape index (κ1) is 14.7. The molecule has 0 spiro atoms. The third kappa shape index (κ3) is 3.46. The van der Waals surface area contributed by atoms with E-state index in [1.165, 1.54) is 11.2 Å². The zero-order valence-corrected chi connectivity index (χ0v) is 12.4. The molecule has 6 nitrogen and oxygen atoms in total. The molecule has 0 atom stereocenters. The molecule has 110 valence electrons. The predicted molar refractivity (Wildman–Crippen MR) is 72.8 cm³/mol. The molecule has 19 heavy (non-hydrogen) atoms. The number of rotatable bonds is 2. The van der Waals surface area contributed by atoms with Crippen molar-refractivity contribution in [2.45, 2.75) is 32.6 Å². The molecule has 1 amide bonds. The summed E-state index contributed by atoms with van der Waals surface area (Å²) >= 11 is 0. The lowest BCUT2D eigenvalue weighted by Crippen LogP contribution is -2.54. The smallest absolute Gasteiger partial charge is 0.282 e. The highest BCUT2D eigenvalue weighted by Gasteiger charge is 2.32. The van der Waals surface area contributed by atoms with E-state index in [4.69, 9.17) is 0 Å². The van der Waals surface area contributed by atoms with Crippen LogP contribution in [0.1, 0.15) is 32.6 Å². The molecule has 2 fully saturated rings. The van der Waals surface area contributed by atoms with Crippen molar-refractivity contribution < 1.29 is 13.2 Å². The minimum Gasteiger partial charge on any atom is -0.340 e. The molecule has 0 aromatic heterocycles. The van der Waals surface area contributed by atoms with Gasteiger partial charge in [0.1, 0.15) is 0 Å². The molecule has 0 aliphatic carbocycles. The number of amides is 1. The lowest BCUT2D eigenvalue weighted by Gasteiger charge is -2.36. The molecule has 2 saturated heterocycles. The fourth-order valence-corrected chi connectivity index (χ4v) is 4.34. The fraction of sp³-hybridized carbons (Fsp3) is 0.917. The van der Waals surface area contributed by atoms with Gasteiger partial charge in [0.05, 0.1) is 0 Å². The van der Waals surface area contributed by atoms with Crippen LogP contribution in [-0.4, -0.2) is 67.1 Å². The highest BCUT2D eigenvalue weighted by atomic mass is 32.2. The van der Waals surface area contributed by atoms with Gasteiger partial charge in [0, 0.05) is 46.2 Å². The van der Waals surface area contributed by atoms with Crippen molar-refractivity contribution >= 4 is 16.1 Å². The molecule has 0 radical (unpaired) electrons. The Balaban J connectivity index is 1.98. The predicted octanol–water partition coefficient (Wildman–Crippen LogP) is 0.271. The van der Waals surface area contributed by atoms with Gasteiger partial charge in [0.2, 0.25) is 5.91 Å². The Morgan fingerprint density at radius 1 is 0.789 bits per heavy atom. The van der Waals surface area contributed by atoms with Crippen LogP contribution in [0.25, 0.3) is 0 Å². The molecular formula is C12H23N3O3S. The average molecular weight is 289 g/mol. The second-order valence-electron chi connectivity index (χ2n) is 5.23. The Bertz CT molecular complexity index is 408. The number of hydrogen-bond acceptors (Lipinski definition) is 3. The van der Waals surface area contributed by atoms with Gasteiger partial charge in [-0.15, -0.1) is 0 Å². The molecule has 0 bridgehead atoms. The molecule has 7 heteroatoms. The summed E-state index contributed by atoms with van der Waals surface area (Å²) in [4.78, 5) is 13.0. The lowest BCUT2D eigenvalue weighted by molar-refractivity contribution is -0.130. The Morgan fingerprint density at radius 2 is 1.26 bits per heavy atom. The van der Waals surface area contributed by atoms with Crippen LogP contribution < -0.4 is 0 Å². The summed E-state index contributed by atoms with van der Waals surface area (Å²) in [6.45, 7) is 4.63. The summed E-state index contributed by atoms with van der Waals surface area (Å²) in [7, 11) is -3.33. The van der Waals surface area contributed by atoms with E-state index >= 15 is 0 Å². The summed E-state index contributed by atoms with van der Waals surface area (Å²) in [6, 6.07) is 0. The largest absolute Gasteiger partial charge is 0.340 e. The van der Waals surface area contributed by atoms with Gasteiger partial charge in [-0.25, -0.2) is 0 Å². The van der Waals surface area contributed by atoms with Crippen molar-refractivity contribution in [1.29, 1.82) is 0 Å². The Hall–Kier alpha value is -0.660. The second kappa shape index (κ2) is 6.19. The van der Waals surface area contributed by atoms with Crippen molar-refractivity contribution in [1.82, 2.24) is 13.5 Å². The highest BCUT2D eigenvalue weighted by Crippen LogP contribution is 2.17. The monoisotopic (exact) mass is 289 g/mol. The van der Waals surface area contributed by atoms with Gasteiger partial charge < -0.3 is 4.90 Å². The topological polar surface area (TPSA) is 60.9 Å². The SMILES string of the molecule is CC(=O)N1CCN(S(=O)(=O)N2CCCCCC2)CC1. The van der Waals surface area contributed by atoms with Crippen LogP contribution in [0.15, 0.2) is 0 Å². The van der Waals surface area contributed by atoms with E-state index in [0.717, 1.165) is 25.7 Å². The molecule has 2 rings (SSSR count). The zero-order valence-electron chi connectivity index (χ0n) is 11.5. The highest BCUT2D eigenvalue weighted by molar-refractivity contribution is 7.86. The standard InChI is InChI=1S/C12H23N3O3S/c1-12(16)13-8-10-15(11-9-13)19(17,18)14-6-4-2-3-5-7-14/h2-11H2,1H3. The Labute approximate surface area is 115 Å². The summed E-state index contributed by atoms with van der Waals surface area (Å²) < 4.78 is 28.2. The maximum atomic E-state index is 12.5. The van der Waals surface area contributed by atoms with Crippen LogP contribution >= 0.6 is 0 Å². The van der Waals surface area contributed by atoms with Crippen LogP contribution in [0.3, 0.4) is 0 Å². The molecule has 2 aliphatic rings. The van der Waals surface area contributed by atoms with E-state index in [2.05, 4.69) is 0 Å². The molecular weight excluding hydrogens is 266 g/mol. The van der Waals surface area contributed by atoms with Crippen molar-refractivity contribution in [3.05, 3.63) is 0 Å². The number of carbonyl (C=O) groups excluding carboxylic acids is 1. The van der Waals surface area contributed by atoms with Gasteiger partial charge in [-0.1, -0.05) is 12.8 Å². The first-order valence-corrected chi connectivity index (χ1v) is 8.42. The van der Waals surface area contributed by atoms with Gasteiger partial charge in [-0.2, -0.15) is 17.0 Å². The van der Waals surface area contributed by atoms with Crippen LogP contribution in [0.5, 0.6) is 0 Å². The molecule has 0 aromatic rings. The number of piperazine rings is 1. The molecule has 0 aromatic carbocycles. The van der Waals surface area contributed by atoms with Crippen LogP contribution in [0, 0.1) is 0 Å². The molecule has 0 saturated carbocycles. The van der Waals surface area contributed by atoms with E-state index in [1.54, 1.807) is 9.21 Å². The fourth-order valence-electron chi connectivity index (χ4n) is 2.67. The maximum Gasteiger partial charge on any atom is 0.282 e. The lowest BCUT2D eigenvalue weighted by atomic mass is 10.2. The van der Waals surface area contributed by atoms with Crippen LogP contribution in [-0.2, 0) is 15.0 Å². The van der Waals surface area contributed by atoms with E-state index in [-0.39, 0.29) is 5.91 Å². The summed E-state index contributed by atoms with van der Waals surface area (Å²) in [5.74, 6) is 0.0202. The molecule has 0 unspecified atom stereocenters. The van der Waals surface area contributed by atoms with Gasteiger partial charge in [-0.05, 0) is 12.8 Å².